The summed E-state index contributed by atoms with van der Waals surface area (Å²) in [6, 6.07) is 0. The molecule has 0 aromatic rings. The van der Waals surface area contributed by atoms with Crippen LogP contribution >= 0.6 is 27.0 Å². The minimum atomic E-state index is 0. The molecule has 0 radical (unpaired) electrons. The maximum atomic E-state index is 0. The SMILES string of the molecule is S.S.[Ce].[Ce].[Zr].[Zr]. The maximum absolute atomic E-state index is 0. The van der Waals surface area contributed by atoms with Crippen molar-refractivity contribution in [3.63, 3.8) is 0 Å². The van der Waals surface area contributed by atoms with Crippen LogP contribution in [0, 0.1) is 83.5 Å². The molecule has 0 aliphatic rings. The molecule has 0 aromatic heterocycles. The Kier molecular flexibility index (Phi) is 229. The summed E-state index contributed by atoms with van der Waals surface area (Å²) >= 11 is 0. The van der Waals surface area contributed by atoms with Crippen molar-refractivity contribution in [1.29, 1.82) is 0 Å². The summed E-state index contributed by atoms with van der Waals surface area (Å²) in [7, 11) is 0. The Morgan fingerprint density at radius 2 is 0.500 bits per heavy atom. The van der Waals surface area contributed by atoms with Gasteiger partial charge in [0, 0.05) is 136 Å². The molecule has 0 unspecified atom stereocenters. The maximum Gasteiger partial charge on any atom is 0 e. The Morgan fingerprint density at radius 3 is 0.500 bits per heavy atom. The standard InChI is InChI=1S/2Ce.2H2S.2Zr/h;;2*1H2;;. The van der Waals surface area contributed by atoms with Gasteiger partial charge in [0.25, 0.3) is 0 Å². The molecule has 6 heteroatoms. The third-order valence-electron chi connectivity index (χ3n) is 0. The zero-order chi connectivity index (χ0) is 0. The van der Waals surface area contributed by atoms with E-state index in [4.69, 9.17) is 0 Å². The van der Waals surface area contributed by atoms with Gasteiger partial charge in [-0.05, 0) is 0 Å². The molecule has 0 bridgehead atoms. The summed E-state index contributed by atoms with van der Waals surface area (Å²) in [6.45, 7) is 0. The summed E-state index contributed by atoms with van der Waals surface area (Å²) in [5.41, 5.74) is 0. The molecule has 0 heterocycles. The topological polar surface area (TPSA) is 0 Å². The first-order valence-corrected chi connectivity index (χ1v) is 0. The van der Waals surface area contributed by atoms with Gasteiger partial charge in [-0.3, -0.25) is 0 Å². The molecule has 0 nitrogen and oxygen atoms in total. The Labute approximate surface area is 158 Å². The Bertz CT molecular complexity index is 9.51. The molecule has 0 spiro atoms. The molecule has 0 amide bonds. The van der Waals surface area contributed by atoms with Crippen molar-refractivity contribution < 1.29 is 136 Å². The van der Waals surface area contributed by atoms with E-state index in [1.807, 2.05) is 0 Å². The van der Waals surface area contributed by atoms with E-state index in [1.54, 1.807) is 0 Å². The fraction of sp³-hybridized carbons (Fsp3) is 0. The van der Waals surface area contributed by atoms with Crippen LogP contribution in [0.15, 0.2) is 0 Å². The van der Waals surface area contributed by atoms with Crippen LogP contribution in [-0.2, 0) is 52.4 Å². The average Bonchev–Trinajstić information content (AvgIpc) is 0. The van der Waals surface area contributed by atoms with Gasteiger partial charge < -0.3 is 0 Å². The first kappa shape index (κ1) is 43.0. The second kappa shape index (κ2) is 31.9. The fourth-order valence-electron chi connectivity index (χ4n) is 0. The van der Waals surface area contributed by atoms with E-state index in [0.29, 0.717) is 0 Å². The normalized spacial score (nSPS) is 0. The molecule has 0 aliphatic heterocycles. The van der Waals surface area contributed by atoms with Crippen LogP contribution in [0.25, 0.3) is 0 Å². The van der Waals surface area contributed by atoms with E-state index in [9.17, 15) is 0 Å². The van der Waals surface area contributed by atoms with E-state index in [2.05, 4.69) is 0 Å². The molecule has 0 aromatic carbocycles. The third kappa shape index (κ3) is 22.9. The van der Waals surface area contributed by atoms with Crippen LogP contribution in [0.2, 0.25) is 0 Å². The molecule has 0 saturated carbocycles. The Hall–Kier alpha value is 5.22. The largest absolute Gasteiger partial charge is 0.197 e. The quantitative estimate of drug-likeness (QED) is 0.421. The number of hydrogen-bond donors (Lipinski definition) is 0. The van der Waals surface area contributed by atoms with E-state index >= 15 is 0 Å². The van der Waals surface area contributed by atoms with Gasteiger partial charge in [-0.25, -0.2) is 0 Å². The predicted octanol–water partition coefficient (Wildman–Crippen LogP) is 0.221. The molecular weight excluding hydrogens is 527 g/mol. The summed E-state index contributed by atoms with van der Waals surface area (Å²) in [4.78, 5) is 0. The summed E-state index contributed by atoms with van der Waals surface area (Å²) in [5.74, 6) is 0. The van der Waals surface area contributed by atoms with Gasteiger partial charge in [-0.15, -0.1) is 0 Å². The second-order valence-electron chi connectivity index (χ2n) is 0. The summed E-state index contributed by atoms with van der Waals surface area (Å²) in [5, 5.41) is 0. The van der Waals surface area contributed by atoms with Gasteiger partial charge in [-0.1, -0.05) is 0 Å². The van der Waals surface area contributed by atoms with Gasteiger partial charge in [0.1, 0.15) is 0 Å². The van der Waals surface area contributed by atoms with Crippen LogP contribution in [0.1, 0.15) is 0 Å². The van der Waals surface area contributed by atoms with Gasteiger partial charge in [-0.2, -0.15) is 27.0 Å². The molecule has 0 N–H and O–H groups in total. The molecule has 0 fully saturated rings. The van der Waals surface area contributed by atoms with Crippen molar-refractivity contribution >= 4 is 27.0 Å². The Morgan fingerprint density at radius 1 is 0.500 bits per heavy atom. The first-order valence-electron chi connectivity index (χ1n) is 0. The third-order valence-corrected chi connectivity index (χ3v) is 0. The van der Waals surface area contributed by atoms with Gasteiger partial charge in [0.05, 0.1) is 0 Å². The monoisotopic (exact) mass is 528 g/mol. The van der Waals surface area contributed by atoms with Crippen LogP contribution in [0.4, 0.5) is 0 Å². The van der Waals surface area contributed by atoms with E-state index in [1.165, 1.54) is 0 Å². The molecular formula is H4Ce2S2Zr2. The minimum absolute atomic E-state index is 0. The Balaban J connectivity index is 0. The van der Waals surface area contributed by atoms with E-state index in [-0.39, 0.29) is 163 Å². The predicted molar refractivity (Wildman–Crippen MR) is 20.8 cm³/mol. The van der Waals surface area contributed by atoms with Crippen molar-refractivity contribution in [2.75, 3.05) is 0 Å². The van der Waals surface area contributed by atoms with Crippen LogP contribution in [-0.4, -0.2) is 0 Å². The molecule has 0 saturated heterocycles. The molecule has 0 aliphatic carbocycles. The summed E-state index contributed by atoms with van der Waals surface area (Å²) in [6.07, 6.45) is 0. The molecule has 6 heavy (non-hydrogen) atoms. The first-order chi connectivity index (χ1) is 0. The zero-order valence-corrected chi connectivity index (χ0v) is 16.2. The van der Waals surface area contributed by atoms with Crippen molar-refractivity contribution in [2.24, 2.45) is 0 Å². The minimum Gasteiger partial charge on any atom is -0.197 e. The van der Waals surface area contributed by atoms with E-state index < -0.39 is 0 Å². The van der Waals surface area contributed by atoms with Crippen molar-refractivity contribution in [3.05, 3.63) is 0 Å². The van der Waals surface area contributed by atoms with Crippen LogP contribution in [0.5, 0.6) is 0 Å². The van der Waals surface area contributed by atoms with Gasteiger partial charge >= 0.3 is 0 Å². The van der Waals surface area contributed by atoms with Gasteiger partial charge in [0.15, 0.2) is 0 Å². The molecule has 32 valence electrons. The number of rotatable bonds is 0. The van der Waals surface area contributed by atoms with Crippen molar-refractivity contribution in [1.82, 2.24) is 0 Å². The molecule has 0 rings (SSSR count). The average molecular weight is 531 g/mol. The van der Waals surface area contributed by atoms with Gasteiger partial charge in [0.2, 0.25) is 0 Å². The van der Waals surface area contributed by atoms with Crippen LogP contribution < -0.4 is 0 Å². The second-order valence-corrected chi connectivity index (χ2v) is 0. The molecule has 0 atom stereocenters. The fourth-order valence-corrected chi connectivity index (χ4v) is 0. The van der Waals surface area contributed by atoms with E-state index in [0.717, 1.165) is 0 Å². The van der Waals surface area contributed by atoms with Crippen molar-refractivity contribution in [3.8, 4) is 0 Å². The van der Waals surface area contributed by atoms with Crippen LogP contribution in [0.3, 0.4) is 0 Å². The smallest absolute Gasteiger partial charge is 0 e. The number of hydrogen-bond acceptors (Lipinski definition) is 0. The zero-order valence-electron chi connectivity index (χ0n) is 3.00. The summed E-state index contributed by atoms with van der Waals surface area (Å²) < 4.78 is 0. The van der Waals surface area contributed by atoms with Crippen molar-refractivity contribution in [2.45, 2.75) is 0 Å².